The summed E-state index contributed by atoms with van der Waals surface area (Å²) in [6, 6.07) is 8.06. The number of hydrogen-bond donors (Lipinski definition) is 11. The second kappa shape index (κ2) is 55.4. The third-order valence-corrected chi connectivity index (χ3v) is 25.3. The Morgan fingerprint density at radius 3 is 1.08 bits per heavy atom. The Hall–Kier alpha value is -8.38. The molecule has 0 aromatic carbocycles. The molecule has 35 nitrogen and oxygen atoms in total. The van der Waals surface area contributed by atoms with Crippen LogP contribution in [-0.2, 0) is 67.3 Å². The standard InChI is InChI=1S/2C16H27N5O.2C15H27N5O.C14H25N5O.C13H22N4O.CH4/c1-11(2)21-14-6-7-15(21)9-13(8-14)18-16(22)5-3-4-12-10-17-20-19-12;1-11(2)18-13-8-14-6-7-15(9-13)21(14)16(22)5-3-4-12-10-17-20-19-12;1-12(2)20-9-4-6-13(8-10-20)17-15(21)7-3-5-14-11-16-19-18-14;1-12(2)17-13-7-9-20(10-8-13)15(21)6-4-3-5-14-11-16-19-18-14;1-11(2)16-12-6-8-19(9-7-12)14(20)5-3-4-13-10-15-18-17-13;1-10(2)17-8-11(9-17)6-13(18)5-3-4-12-7-14-16-15-12;/h10-11,13-15H,3-9H2,1-2H3,(H,18,22)(H,17,19,20);10-11,13-15,18H,3-9H2,1-2H3,(H,17,19,20);11-13H,3-10H2,1-2H3,(H,17,21)(H,16,18,19);11-13,17H,3-10H2,1-2H3,(H,16,18,19);10-12,16H,3-9H2,1-2H3,(H,15,17,18);7,10-11H,3-6,8-9H2,1-2H3,(H,14,15,16);1H4. The van der Waals surface area contributed by atoms with Gasteiger partial charge >= 0.3 is 0 Å². The molecule has 5 unspecified atom stereocenters. The summed E-state index contributed by atoms with van der Waals surface area (Å²) < 4.78 is 0. The second-order valence-corrected chi connectivity index (χ2v) is 37.5. The highest BCUT2D eigenvalue weighted by Gasteiger charge is 2.44. The van der Waals surface area contributed by atoms with Crippen molar-refractivity contribution >= 4 is 35.3 Å². The molecule has 6 aromatic rings. The Bertz CT molecular complexity index is 3810. The molecule has 35 heteroatoms. The van der Waals surface area contributed by atoms with Gasteiger partial charge < -0.3 is 51.1 Å². The van der Waals surface area contributed by atoms with Crippen LogP contribution in [0.5, 0.6) is 0 Å². The minimum atomic E-state index is 0. The molecule has 0 radical (unpaired) electrons. The summed E-state index contributed by atoms with van der Waals surface area (Å²) in [5.41, 5.74) is 5.63. The third-order valence-electron chi connectivity index (χ3n) is 25.3. The van der Waals surface area contributed by atoms with Crippen molar-refractivity contribution in [3.05, 3.63) is 71.3 Å². The summed E-state index contributed by atoms with van der Waals surface area (Å²) in [5.74, 6) is 2.25. The lowest BCUT2D eigenvalue weighted by Gasteiger charge is -2.41. The van der Waals surface area contributed by atoms with Crippen LogP contribution >= 0.6 is 0 Å². The van der Waals surface area contributed by atoms with Gasteiger partial charge in [-0.15, -0.1) is 0 Å². The molecular formula is C90H159N29O6. The van der Waals surface area contributed by atoms with E-state index in [-0.39, 0.29) is 25.1 Å². The number of piperidine rings is 4. The minimum Gasteiger partial charge on any atom is -0.353 e. The van der Waals surface area contributed by atoms with Crippen molar-refractivity contribution in [2.75, 3.05) is 52.4 Å². The van der Waals surface area contributed by atoms with Gasteiger partial charge in [-0.25, -0.2) is 0 Å². The predicted octanol–water partition coefficient (Wildman–Crippen LogP) is 9.49. The SMILES string of the molecule is C.CC(C)N1C2CCC1CC(NC(=O)CCCc1cn[nH]n1)C2.CC(C)N1CC(CC(=O)CCCc2cn[nH]n2)C1.CC(C)N1CCCC(NC(=O)CCCc2cn[nH]n2)CC1.CC(C)NC1CC2CCC(C1)N2C(=O)CCCc1cn[nH]n1.CC(C)NC1CCN(C(=O)CCCCc2cn[nH]n2)CC1.CC(C)NC1CCN(C(=O)CCCc2cn[nH]n2)CC1. The van der Waals surface area contributed by atoms with Crippen LogP contribution in [0.4, 0.5) is 0 Å². The number of aromatic nitrogens is 18. The number of aryl methyl sites for hydroxylation is 6. The number of carbonyl (C=O) groups excluding carboxylic acids is 6. The number of ketones is 1. The van der Waals surface area contributed by atoms with Gasteiger partial charge in [0.05, 0.1) is 71.3 Å². The molecule has 4 bridgehead atoms. The Morgan fingerprint density at radius 1 is 0.352 bits per heavy atom. The third kappa shape index (κ3) is 37.5. The Kier molecular flexibility index (Phi) is 45.2. The topological polar surface area (TPSA) is 431 Å². The molecule has 11 N–H and O–H groups in total. The Morgan fingerprint density at radius 2 is 0.696 bits per heavy atom. The number of nitrogens with zero attached hydrogens (tertiary/aromatic N) is 18. The first-order valence-corrected chi connectivity index (χ1v) is 47.4. The average Bonchev–Trinajstić information content (AvgIpc) is 1.66. The zero-order valence-corrected chi connectivity index (χ0v) is 77.1. The van der Waals surface area contributed by atoms with E-state index in [4.69, 9.17) is 0 Å². The predicted molar refractivity (Wildman–Crippen MR) is 485 cm³/mol. The molecule has 8 aliphatic heterocycles. The van der Waals surface area contributed by atoms with E-state index in [0.29, 0.717) is 153 Å². The fourth-order valence-corrected chi connectivity index (χ4v) is 19.1. The smallest absolute Gasteiger partial charge is 0.223 e. The quantitative estimate of drug-likeness (QED) is 0.0161. The molecule has 14 rings (SSSR count). The summed E-state index contributed by atoms with van der Waals surface area (Å²) in [6.45, 7) is 34.5. The number of H-pyrrole nitrogens is 6. The molecule has 125 heavy (non-hydrogen) atoms. The van der Waals surface area contributed by atoms with E-state index in [0.717, 1.165) is 241 Å². The number of nitrogens with one attached hydrogen (secondary N) is 11. The first-order chi connectivity index (χ1) is 59.9. The number of fused-ring (bicyclic) bond motifs is 4. The molecule has 700 valence electrons. The number of carbonyl (C=O) groups is 6. The highest BCUT2D eigenvalue weighted by atomic mass is 16.2. The molecule has 6 aromatic heterocycles. The van der Waals surface area contributed by atoms with Crippen molar-refractivity contribution in [3.63, 3.8) is 0 Å². The fourth-order valence-electron chi connectivity index (χ4n) is 19.1. The molecular weight excluding hydrogens is 1580 g/mol. The Balaban J connectivity index is 0.000000186. The lowest BCUT2D eigenvalue weighted by Crippen LogP contribution is -2.52. The minimum absolute atomic E-state index is 0. The second-order valence-electron chi connectivity index (χ2n) is 37.5. The van der Waals surface area contributed by atoms with Crippen molar-refractivity contribution in [2.24, 2.45) is 5.92 Å². The number of amides is 5. The van der Waals surface area contributed by atoms with Crippen LogP contribution in [0.3, 0.4) is 0 Å². The van der Waals surface area contributed by atoms with Crippen LogP contribution < -0.4 is 26.6 Å². The zero-order valence-electron chi connectivity index (χ0n) is 77.1. The van der Waals surface area contributed by atoms with Gasteiger partial charge in [0, 0.05) is 181 Å². The normalized spacial score (nSPS) is 21.2. The van der Waals surface area contributed by atoms with Gasteiger partial charge in [-0.05, 0) is 234 Å². The molecule has 8 aliphatic rings. The van der Waals surface area contributed by atoms with Crippen LogP contribution in [0.1, 0.15) is 311 Å². The van der Waals surface area contributed by atoms with Crippen molar-refractivity contribution in [2.45, 2.75) is 406 Å². The van der Waals surface area contributed by atoms with Gasteiger partial charge in [-0.3, -0.25) is 33.7 Å². The summed E-state index contributed by atoms with van der Waals surface area (Å²) in [6.07, 6.45) is 42.9. The number of aromatic amines is 6. The van der Waals surface area contributed by atoms with E-state index in [1.165, 1.54) is 32.1 Å². The number of hydrogen-bond acceptors (Lipinski definition) is 24. The first kappa shape index (κ1) is 102. The van der Waals surface area contributed by atoms with E-state index in [1.54, 1.807) is 37.2 Å². The van der Waals surface area contributed by atoms with E-state index in [1.807, 2.05) is 9.80 Å². The maximum absolute atomic E-state index is 12.6. The van der Waals surface area contributed by atoms with Gasteiger partial charge in [0.25, 0.3) is 0 Å². The molecule has 8 fully saturated rings. The van der Waals surface area contributed by atoms with E-state index < -0.39 is 0 Å². The van der Waals surface area contributed by atoms with Crippen LogP contribution in [0.2, 0.25) is 0 Å². The molecule has 8 saturated heterocycles. The molecule has 0 aliphatic carbocycles. The highest BCUT2D eigenvalue weighted by molar-refractivity contribution is 5.79. The van der Waals surface area contributed by atoms with E-state index >= 15 is 0 Å². The maximum atomic E-state index is 12.6. The van der Waals surface area contributed by atoms with Crippen LogP contribution in [0, 0.1) is 5.92 Å². The number of rotatable bonds is 38. The molecule has 5 atom stereocenters. The van der Waals surface area contributed by atoms with Gasteiger partial charge in [-0.1, -0.05) is 49.0 Å². The molecule has 14 heterocycles. The summed E-state index contributed by atoms with van der Waals surface area (Å²) in [4.78, 5) is 86.5. The van der Waals surface area contributed by atoms with Crippen LogP contribution in [0.25, 0.3) is 0 Å². The van der Waals surface area contributed by atoms with Crippen LogP contribution in [0.15, 0.2) is 37.2 Å². The molecule has 0 saturated carbocycles. The van der Waals surface area contributed by atoms with Crippen molar-refractivity contribution in [1.82, 2.24) is 148 Å². The van der Waals surface area contributed by atoms with Crippen molar-refractivity contribution in [1.29, 1.82) is 0 Å². The van der Waals surface area contributed by atoms with Gasteiger partial charge in [-0.2, -0.15) is 92.5 Å². The van der Waals surface area contributed by atoms with E-state index in [2.05, 4.69) is 222 Å². The van der Waals surface area contributed by atoms with Crippen LogP contribution in [-0.4, -0.2) is 300 Å². The highest BCUT2D eigenvalue weighted by Crippen LogP contribution is 2.39. The summed E-state index contributed by atoms with van der Waals surface area (Å²) >= 11 is 0. The van der Waals surface area contributed by atoms with Gasteiger partial charge in [0.15, 0.2) is 0 Å². The molecule has 0 spiro atoms. The zero-order chi connectivity index (χ0) is 88.5. The average molecular weight is 1740 g/mol. The van der Waals surface area contributed by atoms with Crippen molar-refractivity contribution in [3.8, 4) is 0 Å². The summed E-state index contributed by atoms with van der Waals surface area (Å²) in [5, 5.41) is 79.4. The number of likely N-dealkylation sites (tertiary alicyclic amines) is 4. The molecule has 5 amide bonds. The van der Waals surface area contributed by atoms with Crippen molar-refractivity contribution < 1.29 is 28.8 Å². The number of Topliss-reactive ketones (excluding diaryl/α,β-unsaturated/α-hetero) is 1. The van der Waals surface area contributed by atoms with E-state index in [9.17, 15) is 28.8 Å². The maximum Gasteiger partial charge on any atom is 0.223 e. The lowest BCUT2D eigenvalue weighted by atomic mass is 9.91. The monoisotopic (exact) mass is 1740 g/mol. The summed E-state index contributed by atoms with van der Waals surface area (Å²) in [7, 11) is 0. The van der Waals surface area contributed by atoms with Gasteiger partial charge in [0.2, 0.25) is 29.5 Å². The fraction of sp³-hybridized carbons (Fsp3) is 0.800. The number of unbranched alkanes of at least 4 members (excludes halogenated alkanes) is 1. The first-order valence-electron chi connectivity index (χ1n) is 47.4. The van der Waals surface area contributed by atoms with Gasteiger partial charge in [0.1, 0.15) is 5.78 Å². The largest absolute Gasteiger partial charge is 0.353 e. The Labute approximate surface area is 744 Å². The lowest BCUT2D eigenvalue weighted by molar-refractivity contribution is -0.136.